The highest BCUT2D eigenvalue weighted by Crippen LogP contribution is 2.20. The summed E-state index contributed by atoms with van der Waals surface area (Å²) in [6.45, 7) is 1.76. The first kappa shape index (κ1) is 16.3. The summed E-state index contributed by atoms with van der Waals surface area (Å²) in [5.74, 6) is -0.334. The van der Waals surface area contributed by atoms with E-state index in [1.807, 2.05) is 0 Å². The van der Waals surface area contributed by atoms with Crippen molar-refractivity contribution in [3.05, 3.63) is 58.6 Å². The van der Waals surface area contributed by atoms with Gasteiger partial charge in [-0.2, -0.15) is 0 Å². The van der Waals surface area contributed by atoms with Gasteiger partial charge in [-0.3, -0.25) is 9.52 Å². The number of benzene rings is 2. The molecule has 0 saturated heterocycles. The predicted octanol–water partition coefficient (Wildman–Crippen LogP) is 3.27. The molecule has 0 spiro atoms. The Balaban J connectivity index is 2.23. The van der Waals surface area contributed by atoms with Crippen molar-refractivity contribution >= 4 is 38.9 Å². The Morgan fingerprint density at radius 1 is 1.09 bits per heavy atom. The number of hydrogen-bond donors (Lipinski definition) is 2. The van der Waals surface area contributed by atoms with E-state index in [0.717, 1.165) is 11.8 Å². The van der Waals surface area contributed by atoms with Gasteiger partial charge in [-0.15, -0.1) is 0 Å². The average Bonchev–Trinajstić information content (AvgIpc) is 2.42. The van der Waals surface area contributed by atoms with Gasteiger partial charge >= 0.3 is 0 Å². The molecule has 2 aromatic carbocycles. The zero-order chi connectivity index (χ0) is 16.3. The minimum Gasteiger partial charge on any atom is -0.322 e. The maximum atomic E-state index is 12.2. The highest BCUT2D eigenvalue weighted by atomic mass is 35.5. The van der Waals surface area contributed by atoms with Crippen molar-refractivity contribution in [2.24, 2.45) is 0 Å². The molecule has 0 aliphatic rings. The van der Waals surface area contributed by atoms with Crippen LogP contribution in [0.2, 0.25) is 5.02 Å². The Morgan fingerprint density at radius 2 is 1.73 bits per heavy atom. The molecular weight excluding hydrogens is 324 g/mol. The van der Waals surface area contributed by atoms with Crippen LogP contribution in [0.3, 0.4) is 0 Å². The molecule has 2 aromatic rings. The normalized spacial score (nSPS) is 11.0. The van der Waals surface area contributed by atoms with Crippen LogP contribution in [0.15, 0.2) is 42.5 Å². The largest absolute Gasteiger partial charge is 0.322 e. The van der Waals surface area contributed by atoms with Crippen molar-refractivity contribution in [2.75, 3.05) is 16.3 Å². The monoisotopic (exact) mass is 338 g/mol. The smallest absolute Gasteiger partial charge is 0.255 e. The van der Waals surface area contributed by atoms with Crippen LogP contribution in [0.25, 0.3) is 0 Å². The number of rotatable bonds is 4. The summed E-state index contributed by atoms with van der Waals surface area (Å²) in [7, 11) is -3.40. The lowest BCUT2D eigenvalue weighted by atomic mass is 10.1. The topological polar surface area (TPSA) is 75.3 Å². The molecule has 0 aliphatic heterocycles. The third-order valence-corrected chi connectivity index (χ3v) is 3.74. The molecule has 0 atom stereocenters. The van der Waals surface area contributed by atoms with Gasteiger partial charge < -0.3 is 5.32 Å². The maximum Gasteiger partial charge on any atom is 0.255 e. The summed E-state index contributed by atoms with van der Waals surface area (Å²) in [6, 6.07) is 11.5. The van der Waals surface area contributed by atoms with Crippen LogP contribution in [0.1, 0.15) is 15.9 Å². The number of hydrogen-bond acceptors (Lipinski definition) is 3. The van der Waals surface area contributed by atoms with Crippen molar-refractivity contribution in [3.8, 4) is 0 Å². The molecule has 0 saturated carbocycles. The molecule has 2 N–H and O–H groups in total. The fourth-order valence-corrected chi connectivity index (χ4v) is 2.55. The van der Waals surface area contributed by atoms with E-state index in [0.29, 0.717) is 22.0 Å². The van der Waals surface area contributed by atoms with Crippen LogP contribution >= 0.6 is 11.6 Å². The molecule has 0 radical (unpaired) electrons. The van der Waals surface area contributed by atoms with Gasteiger partial charge in [0.1, 0.15) is 0 Å². The predicted molar refractivity (Wildman–Crippen MR) is 89.1 cm³/mol. The molecule has 0 fully saturated rings. The first-order valence-electron chi connectivity index (χ1n) is 6.40. The maximum absolute atomic E-state index is 12.2. The number of anilines is 2. The fraction of sp³-hybridized carbons (Fsp3) is 0.133. The zero-order valence-electron chi connectivity index (χ0n) is 12.1. The molecule has 7 heteroatoms. The van der Waals surface area contributed by atoms with Crippen molar-refractivity contribution in [2.45, 2.75) is 6.92 Å². The van der Waals surface area contributed by atoms with Gasteiger partial charge in [-0.1, -0.05) is 17.7 Å². The van der Waals surface area contributed by atoms with Gasteiger partial charge in [-0.25, -0.2) is 8.42 Å². The van der Waals surface area contributed by atoms with Gasteiger partial charge in [0.2, 0.25) is 10.0 Å². The van der Waals surface area contributed by atoms with E-state index in [1.165, 1.54) is 6.07 Å². The zero-order valence-corrected chi connectivity index (χ0v) is 13.6. The van der Waals surface area contributed by atoms with Crippen LogP contribution in [0.4, 0.5) is 11.4 Å². The average molecular weight is 339 g/mol. The van der Waals surface area contributed by atoms with Crippen LogP contribution in [0.5, 0.6) is 0 Å². The highest BCUT2D eigenvalue weighted by Gasteiger charge is 2.11. The lowest BCUT2D eigenvalue weighted by Crippen LogP contribution is -2.14. The van der Waals surface area contributed by atoms with Gasteiger partial charge in [-0.05, 0) is 48.9 Å². The third-order valence-electron chi connectivity index (χ3n) is 2.90. The molecule has 0 unspecified atom stereocenters. The number of sulfonamides is 1. The second kappa shape index (κ2) is 6.37. The molecule has 1 amide bonds. The Kier molecular flexibility index (Phi) is 4.73. The molecule has 0 bridgehead atoms. The van der Waals surface area contributed by atoms with Crippen LogP contribution in [-0.4, -0.2) is 20.6 Å². The van der Waals surface area contributed by atoms with Crippen molar-refractivity contribution in [3.63, 3.8) is 0 Å². The van der Waals surface area contributed by atoms with Gasteiger partial charge in [0.25, 0.3) is 5.91 Å². The summed E-state index contributed by atoms with van der Waals surface area (Å²) in [4.78, 5) is 12.2. The van der Waals surface area contributed by atoms with E-state index >= 15 is 0 Å². The van der Waals surface area contributed by atoms with Crippen molar-refractivity contribution in [1.29, 1.82) is 0 Å². The Labute approximate surface area is 134 Å². The van der Waals surface area contributed by atoms with Gasteiger partial charge in [0.15, 0.2) is 0 Å². The van der Waals surface area contributed by atoms with Gasteiger partial charge in [0.05, 0.1) is 11.9 Å². The summed E-state index contributed by atoms with van der Waals surface area (Å²) in [5, 5.41) is 3.30. The first-order valence-corrected chi connectivity index (χ1v) is 8.67. The molecule has 22 heavy (non-hydrogen) atoms. The minimum absolute atomic E-state index is 0.334. The molecular formula is C15H15ClN2O3S. The summed E-state index contributed by atoms with van der Waals surface area (Å²) >= 11 is 5.79. The number of nitrogens with one attached hydrogen (secondary N) is 2. The van der Waals surface area contributed by atoms with E-state index in [1.54, 1.807) is 43.3 Å². The minimum atomic E-state index is -3.40. The molecule has 116 valence electrons. The number of carbonyl (C=O) groups is 1. The second-order valence-corrected chi connectivity index (χ2v) is 7.05. The Bertz CT molecular complexity index is 802. The first-order chi connectivity index (χ1) is 10.2. The lowest BCUT2D eigenvalue weighted by molar-refractivity contribution is 0.102. The Morgan fingerprint density at radius 3 is 2.32 bits per heavy atom. The van der Waals surface area contributed by atoms with Crippen LogP contribution in [-0.2, 0) is 10.0 Å². The second-order valence-electron chi connectivity index (χ2n) is 4.86. The molecule has 2 rings (SSSR count). The number of aryl methyl sites for hydroxylation is 1. The SMILES string of the molecule is Cc1ccc(C(=O)Nc2ccc(Cl)cc2)cc1NS(C)(=O)=O. The lowest BCUT2D eigenvalue weighted by Gasteiger charge is -2.10. The third kappa shape index (κ3) is 4.47. The summed E-state index contributed by atoms with van der Waals surface area (Å²) in [6.07, 6.45) is 1.06. The quantitative estimate of drug-likeness (QED) is 0.898. The number of carbonyl (C=O) groups excluding carboxylic acids is 1. The van der Waals surface area contributed by atoms with Crippen molar-refractivity contribution < 1.29 is 13.2 Å². The van der Waals surface area contributed by atoms with E-state index in [9.17, 15) is 13.2 Å². The van der Waals surface area contributed by atoms with Crippen molar-refractivity contribution in [1.82, 2.24) is 0 Å². The van der Waals surface area contributed by atoms with E-state index in [-0.39, 0.29) is 5.91 Å². The van der Waals surface area contributed by atoms with Crippen LogP contribution in [0, 0.1) is 6.92 Å². The number of amides is 1. The van der Waals surface area contributed by atoms with Gasteiger partial charge in [0, 0.05) is 16.3 Å². The van der Waals surface area contributed by atoms with E-state index < -0.39 is 10.0 Å². The van der Waals surface area contributed by atoms with E-state index in [4.69, 9.17) is 11.6 Å². The number of halogens is 1. The molecule has 5 nitrogen and oxygen atoms in total. The fourth-order valence-electron chi connectivity index (χ4n) is 1.81. The highest BCUT2D eigenvalue weighted by molar-refractivity contribution is 7.92. The molecule has 0 heterocycles. The van der Waals surface area contributed by atoms with E-state index in [2.05, 4.69) is 10.0 Å². The standard InChI is InChI=1S/C15H15ClN2O3S/c1-10-3-4-11(9-14(10)18-22(2,20)21)15(19)17-13-7-5-12(16)6-8-13/h3-9,18H,1-2H3,(H,17,19). The molecule has 0 aliphatic carbocycles. The summed E-state index contributed by atoms with van der Waals surface area (Å²) < 4.78 is 25.1. The van der Waals surface area contributed by atoms with Crippen LogP contribution < -0.4 is 10.0 Å². The Hall–Kier alpha value is -2.05. The summed E-state index contributed by atoms with van der Waals surface area (Å²) in [5.41, 5.74) is 2.07. The molecule has 0 aromatic heterocycles.